The van der Waals surface area contributed by atoms with Crippen LogP contribution in [0.3, 0.4) is 0 Å². The summed E-state index contributed by atoms with van der Waals surface area (Å²) in [6.07, 6.45) is -0.675. The molecule has 1 aromatic carbocycles. The van der Waals surface area contributed by atoms with Crippen LogP contribution in [0.5, 0.6) is 0 Å². The Balaban J connectivity index is 2.84. The maximum Gasteiger partial charge on any atom is 0.0945 e. The molecule has 0 radical (unpaired) electrons. The lowest BCUT2D eigenvalue weighted by atomic mass is 9.98. The number of benzene rings is 1. The van der Waals surface area contributed by atoms with E-state index in [0.717, 1.165) is 11.1 Å². The minimum atomic E-state index is -0.675. The fraction of sp³-hybridized carbons (Fsp3) is 0.364. The number of nitriles is 1. The van der Waals surface area contributed by atoms with Crippen LogP contribution in [0.2, 0.25) is 0 Å². The molecule has 2 nitrogen and oxygen atoms in total. The van der Waals surface area contributed by atoms with Crippen molar-refractivity contribution in [1.82, 2.24) is 0 Å². The van der Waals surface area contributed by atoms with Crippen LogP contribution in [-0.4, -0.2) is 5.11 Å². The van der Waals surface area contributed by atoms with Gasteiger partial charge in [-0.15, -0.1) is 0 Å². The van der Waals surface area contributed by atoms with Gasteiger partial charge in [0.25, 0.3) is 0 Å². The Morgan fingerprint density at radius 3 is 2.31 bits per heavy atom. The standard InChI is InChI=1S/C11H13NO/c1-8-3-5-10(6-4-8)11(13)9(2)7-12/h3-6,9,11,13H,1-2H3. The summed E-state index contributed by atoms with van der Waals surface area (Å²) in [7, 11) is 0. The van der Waals surface area contributed by atoms with Crippen LogP contribution in [0.15, 0.2) is 24.3 Å². The van der Waals surface area contributed by atoms with E-state index in [1.807, 2.05) is 37.3 Å². The molecule has 0 aliphatic rings. The summed E-state index contributed by atoms with van der Waals surface area (Å²) in [6.45, 7) is 3.70. The molecule has 0 heterocycles. The minimum absolute atomic E-state index is 0.359. The molecule has 0 aromatic heterocycles. The van der Waals surface area contributed by atoms with Crippen LogP contribution in [0.25, 0.3) is 0 Å². The Morgan fingerprint density at radius 1 is 1.31 bits per heavy atom. The van der Waals surface area contributed by atoms with E-state index in [0.29, 0.717) is 0 Å². The second kappa shape index (κ2) is 4.06. The predicted octanol–water partition coefficient (Wildman–Crippen LogP) is 2.19. The predicted molar refractivity (Wildman–Crippen MR) is 50.9 cm³/mol. The maximum absolute atomic E-state index is 9.66. The molecule has 1 rings (SSSR count). The van der Waals surface area contributed by atoms with Gasteiger partial charge in [-0.25, -0.2) is 0 Å². The zero-order valence-corrected chi connectivity index (χ0v) is 7.86. The van der Waals surface area contributed by atoms with Gasteiger partial charge in [0.05, 0.1) is 18.1 Å². The van der Waals surface area contributed by atoms with E-state index in [9.17, 15) is 5.11 Å². The van der Waals surface area contributed by atoms with Gasteiger partial charge in [0.2, 0.25) is 0 Å². The summed E-state index contributed by atoms with van der Waals surface area (Å²) in [6, 6.07) is 9.60. The van der Waals surface area contributed by atoms with Crippen molar-refractivity contribution in [2.24, 2.45) is 5.92 Å². The van der Waals surface area contributed by atoms with Crippen LogP contribution in [-0.2, 0) is 0 Å². The molecule has 0 aliphatic carbocycles. The Bertz CT molecular complexity index is 310. The number of nitrogens with zero attached hydrogens (tertiary/aromatic N) is 1. The highest BCUT2D eigenvalue weighted by molar-refractivity contribution is 5.24. The quantitative estimate of drug-likeness (QED) is 0.748. The van der Waals surface area contributed by atoms with Gasteiger partial charge >= 0.3 is 0 Å². The monoisotopic (exact) mass is 175 g/mol. The molecule has 0 fully saturated rings. The summed E-state index contributed by atoms with van der Waals surface area (Å²) in [5, 5.41) is 18.3. The van der Waals surface area contributed by atoms with Crippen molar-refractivity contribution in [2.75, 3.05) is 0 Å². The average molecular weight is 175 g/mol. The molecule has 2 atom stereocenters. The molecule has 1 N–H and O–H groups in total. The van der Waals surface area contributed by atoms with Gasteiger partial charge in [-0.3, -0.25) is 0 Å². The van der Waals surface area contributed by atoms with Crippen molar-refractivity contribution in [3.63, 3.8) is 0 Å². The third-order valence-electron chi connectivity index (χ3n) is 2.10. The van der Waals surface area contributed by atoms with Crippen LogP contribution < -0.4 is 0 Å². The van der Waals surface area contributed by atoms with Gasteiger partial charge in [0, 0.05) is 0 Å². The van der Waals surface area contributed by atoms with Crippen molar-refractivity contribution in [2.45, 2.75) is 20.0 Å². The number of hydrogen-bond acceptors (Lipinski definition) is 2. The van der Waals surface area contributed by atoms with Gasteiger partial charge < -0.3 is 5.11 Å². The molecule has 2 unspecified atom stereocenters. The normalized spacial score (nSPS) is 14.6. The number of aliphatic hydroxyl groups excluding tert-OH is 1. The molecule has 0 bridgehead atoms. The molecule has 13 heavy (non-hydrogen) atoms. The molecule has 0 saturated carbocycles. The lowest BCUT2D eigenvalue weighted by Crippen LogP contribution is -2.06. The van der Waals surface area contributed by atoms with Crippen LogP contribution in [0.1, 0.15) is 24.2 Å². The van der Waals surface area contributed by atoms with E-state index >= 15 is 0 Å². The van der Waals surface area contributed by atoms with Crippen molar-refractivity contribution in [1.29, 1.82) is 5.26 Å². The lowest BCUT2D eigenvalue weighted by molar-refractivity contribution is 0.143. The average Bonchev–Trinajstić information content (AvgIpc) is 2.17. The number of rotatable bonds is 2. The van der Waals surface area contributed by atoms with Crippen LogP contribution in [0.4, 0.5) is 0 Å². The third-order valence-corrected chi connectivity index (χ3v) is 2.10. The Hall–Kier alpha value is -1.33. The molecule has 0 saturated heterocycles. The summed E-state index contributed by atoms with van der Waals surface area (Å²) in [5.74, 6) is -0.359. The highest BCUT2D eigenvalue weighted by Gasteiger charge is 2.14. The second-order valence-electron chi connectivity index (χ2n) is 3.27. The highest BCUT2D eigenvalue weighted by Crippen LogP contribution is 2.20. The lowest BCUT2D eigenvalue weighted by Gasteiger charge is -2.12. The van der Waals surface area contributed by atoms with Gasteiger partial charge in [0.1, 0.15) is 0 Å². The molecule has 0 spiro atoms. The van der Waals surface area contributed by atoms with E-state index in [4.69, 9.17) is 5.26 Å². The molecule has 0 aliphatic heterocycles. The molecular weight excluding hydrogens is 162 g/mol. The number of aryl methyl sites for hydroxylation is 1. The topological polar surface area (TPSA) is 44.0 Å². The van der Waals surface area contributed by atoms with Crippen molar-refractivity contribution < 1.29 is 5.11 Å². The van der Waals surface area contributed by atoms with Crippen molar-refractivity contribution >= 4 is 0 Å². The molecule has 1 aromatic rings. The smallest absolute Gasteiger partial charge is 0.0945 e. The van der Waals surface area contributed by atoms with Crippen molar-refractivity contribution in [3.8, 4) is 6.07 Å². The van der Waals surface area contributed by atoms with Crippen molar-refractivity contribution in [3.05, 3.63) is 35.4 Å². The van der Waals surface area contributed by atoms with Crippen LogP contribution >= 0.6 is 0 Å². The molecular formula is C11H13NO. The SMILES string of the molecule is Cc1ccc(C(O)C(C)C#N)cc1. The summed E-state index contributed by atoms with van der Waals surface area (Å²) >= 11 is 0. The van der Waals surface area contributed by atoms with E-state index in [1.165, 1.54) is 0 Å². The Labute approximate surface area is 78.4 Å². The number of hydrogen-bond donors (Lipinski definition) is 1. The highest BCUT2D eigenvalue weighted by atomic mass is 16.3. The third kappa shape index (κ3) is 2.30. The largest absolute Gasteiger partial charge is 0.387 e. The van der Waals surface area contributed by atoms with E-state index in [-0.39, 0.29) is 5.92 Å². The molecule has 68 valence electrons. The van der Waals surface area contributed by atoms with Gasteiger partial charge in [-0.2, -0.15) is 5.26 Å². The first-order chi connectivity index (χ1) is 6.15. The molecule has 0 amide bonds. The number of aliphatic hydroxyl groups is 1. The van der Waals surface area contributed by atoms with Crippen LogP contribution in [0, 0.1) is 24.2 Å². The van der Waals surface area contributed by atoms with Gasteiger partial charge in [-0.05, 0) is 19.4 Å². The van der Waals surface area contributed by atoms with E-state index < -0.39 is 6.10 Å². The Morgan fingerprint density at radius 2 is 1.85 bits per heavy atom. The zero-order valence-electron chi connectivity index (χ0n) is 7.86. The summed E-state index contributed by atoms with van der Waals surface area (Å²) in [4.78, 5) is 0. The molecule has 2 heteroatoms. The second-order valence-corrected chi connectivity index (χ2v) is 3.27. The summed E-state index contributed by atoms with van der Waals surface area (Å²) < 4.78 is 0. The van der Waals surface area contributed by atoms with E-state index in [2.05, 4.69) is 0 Å². The summed E-state index contributed by atoms with van der Waals surface area (Å²) in [5.41, 5.74) is 1.96. The zero-order chi connectivity index (χ0) is 9.84. The first kappa shape index (κ1) is 9.76. The maximum atomic E-state index is 9.66. The fourth-order valence-corrected chi connectivity index (χ4v) is 1.12. The first-order valence-electron chi connectivity index (χ1n) is 4.29. The van der Waals surface area contributed by atoms with Gasteiger partial charge in [0.15, 0.2) is 0 Å². The fourth-order valence-electron chi connectivity index (χ4n) is 1.12. The Kier molecular flexibility index (Phi) is 3.05. The minimum Gasteiger partial charge on any atom is -0.387 e. The first-order valence-corrected chi connectivity index (χ1v) is 4.29. The van der Waals surface area contributed by atoms with E-state index in [1.54, 1.807) is 6.92 Å². The van der Waals surface area contributed by atoms with Gasteiger partial charge in [-0.1, -0.05) is 29.8 Å².